The zero-order valence-corrected chi connectivity index (χ0v) is 10.2. The molecule has 94 valence electrons. The second-order valence-corrected chi connectivity index (χ2v) is 3.22. The number of carbonyl (C=O) groups excluding carboxylic acids is 1. The van der Waals surface area contributed by atoms with E-state index in [1.807, 2.05) is 19.1 Å². The van der Waals surface area contributed by atoms with Crippen LogP contribution < -0.4 is 0 Å². The van der Waals surface area contributed by atoms with E-state index < -0.39 is 5.97 Å². The molecule has 0 fully saturated rings. The van der Waals surface area contributed by atoms with Crippen molar-refractivity contribution in [3.05, 3.63) is 45.9 Å². The Morgan fingerprint density at radius 2 is 2.44 bits per heavy atom. The van der Waals surface area contributed by atoms with Crippen molar-refractivity contribution in [1.29, 1.82) is 0 Å². The molecule has 0 N–H and O–H groups in total. The molecule has 0 aliphatic rings. The van der Waals surface area contributed by atoms with Crippen LogP contribution in [0.1, 0.15) is 25.2 Å². The number of nitrogens with zero attached hydrogens (tertiary/aromatic N) is 3. The van der Waals surface area contributed by atoms with Crippen molar-refractivity contribution in [1.82, 2.24) is 0 Å². The average molecular weight is 247 g/mol. The van der Waals surface area contributed by atoms with Crippen LogP contribution in [-0.2, 0) is 9.53 Å². The minimum absolute atomic E-state index is 0.138. The number of hydrogen-bond donors (Lipinski definition) is 0. The van der Waals surface area contributed by atoms with Crippen LogP contribution >= 0.6 is 0 Å². The molecular weight excluding hydrogens is 234 g/mol. The molecule has 6 nitrogen and oxygen atoms in total. The molecule has 1 heterocycles. The van der Waals surface area contributed by atoms with Crippen LogP contribution in [0.25, 0.3) is 22.6 Å². The van der Waals surface area contributed by atoms with E-state index in [4.69, 9.17) is 14.7 Å². The fourth-order valence-electron chi connectivity index (χ4n) is 1.24. The fraction of sp³-hybridized carbons (Fsp3) is 0.250. The van der Waals surface area contributed by atoms with E-state index >= 15 is 0 Å². The predicted molar refractivity (Wildman–Crippen MR) is 67.2 cm³/mol. The Morgan fingerprint density at radius 3 is 3.06 bits per heavy atom. The van der Waals surface area contributed by atoms with Gasteiger partial charge < -0.3 is 9.15 Å². The maximum absolute atomic E-state index is 11.5. The Kier molecular flexibility index (Phi) is 5.28. The van der Waals surface area contributed by atoms with E-state index in [1.165, 1.54) is 12.3 Å². The first kappa shape index (κ1) is 13.6. The van der Waals surface area contributed by atoms with Crippen molar-refractivity contribution in [2.75, 3.05) is 6.61 Å². The van der Waals surface area contributed by atoms with Gasteiger partial charge in [0.05, 0.1) is 12.9 Å². The molecule has 1 aromatic rings. The van der Waals surface area contributed by atoms with Gasteiger partial charge in [0.25, 0.3) is 0 Å². The number of azide groups is 1. The first-order valence-electron chi connectivity index (χ1n) is 5.36. The minimum atomic E-state index is -0.681. The summed E-state index contributed by atoms with van der Waals surface area (Å²) in [6.07, 6.45) is 6.58. The van der Waals surface area contributed by atoms with E-state index in [2.05, 4.69) is 10.0 Å². The molecule has 0 bridgehead atoms. The van der Waals surface area contributed by atoms with Crippen LogP contribution in [-0.4, -0.2) is 12.6 Å². The van der Waals surface area contributed by atoms with Gasteiger partial charge in [-0.2, -0.15) is 0 Å². The van der Waals surface area contributed by atoms with E-state index in [0.717, 1.165) is 5.56 Å². The van der Waals surface area contributed by atoms with Crippen molar-refractivity contribution < 1.29 is 13.9 Å². The summed E-state index contributed by atoms with van der Waals surface area (Å²) in [5.74, 6) is -0.266. The van der Waals surface area contributed by atoms with Crippen LogP contribution in [0, 0.1) is 0 Å². The lowest BCUT2D eigenvalue weighted by molar-refractivity contribution is -0.138. The lowest BCUT2D eigenvalue weighted by Gasteiger charge is -1.99. The molecule has 0 amide bonds. The molecule has 0 saturated carbocycles. The highest BCUT2D eigenvalue weighted by Crippen LogP contribution is 2.15. The first-order chi connectivity index (χ1) is 8.71. The van der Waals surface area contributed by atoms with Gasteiger partial charge in [0.2, 0.25) is 0 Å². The summed E-state index contributed by atoms with van der Waals surface area (Å²) in [6, 6.07) is 1.71. The van der Waals surface area contributed by atoms with Gasteiger partial charge >= 0.3 is 5.97 Å². The molecule has 0 saturated heterocycles. The normalized spacial score (nSPS) is 11.3. The standard InChI is InChI=1S/C12H13N3O3/c1-3-5-9-6-10(18-8-9)7-11(14-15-13)12(16)17-4-2/h3,5-8H,4H2,1-2H3/b5-3-,11-7?. The number of rotatable bonds is 5. The summed E-state index contributed by atoms with van der Waals surface area (Å²) in [5, 5.41) is 3.28. The zero-order chi connectivity index (χ0) is 13.4. The minimum Gasteiger partial charge on any atom is -0.464 e. The third-order valence-electron chi connectivity index (χ3n) is 1.92. The van der Waals surface area contributed by atoms with Crippen molar-refractivity contribution in [3.8, 4) is 0 Å². The van der Waals surface area contributed by atoms with Crippen molar-refractivity contribution in [2.24, 2.45) is 5.11 Å². The third-order valence-corrected chi connectivity index (χ3v) is 1.92. The Labute approximate surface area is 104 Å². The summed E-state index contributed by atoms with van der Waals surface area (Å²) in [5.41, 5.74) is 9.11. The zero-order valence-electron chi connectivity index (χ0n) is 10.2. The van der Waals surface area contributed by atoms with Gasteiger partial charge in [-0.1, -0.05) is 17.3 Å². The maximum atomic E-state index is 11.5. The van der Waals surface area contributed by atoms with Crippen LogP contribution in [0.2, 0.25) is 0 Å². The molecule has 0 aliphatic carbocycles. The SMILES string of the molecule is C/C=C\c1coc(C=C(N=[N+]=[N-])C(=O)OCC)c1. The lowest BCUT2D eigenvalue weighted by atomic mass is 10.2. The fourth-order valence-corrected chi connectivity index (χ4v) is 1.24. The van der Waals surface area contributed by atoms with Gasteiger partial charge in [-0.25, -0.2) is 4.79 Å². The third kappa shape index (κ3) is 3.84. The van der Waals surface area contributed by atoms with Crippen molar-refractivity contribution in [3.63, 3.8) is 0 Å². The Morgan fingerprint density at radius 1 is 1.67 bits per heavy atom. The molecule has 0 radical (unpaired) electrons. The molecule has 0 spiro atoms. The molecule has 0 atom stereocenters. The summed E-state index contributed by atoms with van der Waals surface area (Å²) in [4.78, 5) is 14.0. The molecular formula is C12H13N3O3. The highest BCUT2D eigenvalue weighted by Gasteiger charge is 2.09. The average Bonchev–Trinajstić information content (AvgIpc) is 2.77. The molecule has 18 heavy (non-hydrogen) atoms. The molecule has 1 rings (SSSR count). The highest BCUT2D eigenvalue weighted by atomic mass is 16.5. The molecule has 0 aliphatic heterocycles. The van der Waals surface area contributed by atoms with Crippen LogP contribution in [0.4, 0.5) is 0 Å². The van der Waals surface area contributed by atoms with Gasteiger partial charge in [-0.3, -0.25) is 0 Å². The summed E-state index contributed by atoms with van der Waals surface area (Å²) >= 11 is 0. The molecule has 0 aromatic carbocycles. The Balaban J connectivity index is 2.99. The lowest BCUT2D eigenvalue weighted by Crippen LogP contribution is -2.05. The summed E-state index contributed by atoms with van der Waals surface area (Å²) in [7, 11) is 0. The van der Waals surface area contributed by atoms with E-state index in [-0.39, 0.29) is 12.3 Å². The van der Waals surface area contributed by atoms with Crippen molar-refractivity contribution >= 4 is 18.1 Å². The van der Waals surface area contributed by atoms with E-state index in [9.17, 15) is 4.79 Å². The number of allylic oxidation sites excluding steroid dienone is 1. The smallest absolute Gasteiger partial charge is 0.340 e. The predicted octanol–water partition coefficient (Wildman–Crippen LogP) is 3.53. The quantitative estimate of drug-likeness (QED) is 0.262. The number of esters is 1. The highest BCUT2D eigenvalue weighted by molar-refractivity contribution is 5.92. The number of furan rings is 1. The second kappa shape index (κ2) is 6.98. The monoisotopic (exact) mass is 247 g/mol. The van der Waals surface area contributed by atoms with Crippen molar-refractivity contribution in [2.45, 2.75) is 13.8 Å². The number of ether oxygens (including phenoxy) is 1. The molecule has 0 unspecified atom stereocenters. The Bertz CT molecular complexity index is 522. The van der Waals surface area contributed by atoms with Gasteiger partial charge in [0.15, 0.2) is 0 Å². The summed E-state index contributed by atoms with van der Waals surface area (Å²) < 4.78 is 9.96. The topological polar surface area (TPSA) is 88.2 Å². The summed E-state index contributed by atoms with van der Waals surface area (Å²) in [6.45, 7) is 3.76. The van der Waals surface area contributed by atoms with Crippen LogP contribution in [0.15, 0.2) is 33.6 Å². The second-order valence-electron chi connectivity index (χ2n) is 3.22. The Hall–Kier alpha value is -2.46. The van der Waals surface area contributed by atoms with Crippen LogP contribution in [0.5, 0.6) is 0 Å². The molecule has 6 heteroatoms. The van der Waals surface area contributed by atoms with E-state index in [0.29, 0.717) is 5.76 Å². The number of carbonyl (C=O) groups is 1. The van der Waals surface area contributed by atoms with Crippen LogP contribution in [0.3, 0.4) is 0 Å². The number of hydrogen-bond acceptors (Lipinski definition) is 4. The maximum Gasteiger partial charge on any atom is 0.340 e. The largest absolute Gasteiger partial charge is 0.464 e. The first-order valence-corrected chi connectivity index (χ1v) is 5.36. The molecule has 1 aromatic heterocycles. The van der Waals surface area contributed by atoms with Gasteiger partial charge in [-0.05, 0) is 31.5 Å². The van der Waals surface area contributed by atoms with E-state index in [1.54, 1.807) is 13.0 Å². The van der Waals surface area contributed by atoms with Gasteiger partial charge in [0.1, 0.15) is 11.5 Å². The van der Waals surface area contributed by atoms with Gasteiger partial charge in [-0.15, -0.1) is 0 Å². The van der Waals surface area contributed by atoms with Gasteiger partial charge in [0, 0.05) is 10.5 Å².